The van der Waals surface area contributed by atoms with Crippen LogP contribution in [-0.2, 0) is 0 Å². The maximum absolute atomic E-state index is 5.60. The van der Waals surface area contributed by atoms with Gasteiger partial charge in [-0.3, -0.25) is 5.84 Å². The van der Waals surface area contributed by atoms with E-state index in [9.17, 15) is 0 Å². The first-order valence-electron chi connectivity index (χ1n) is 6.09. The summed E-state index contributed by atoms with van der Waals surface area (Å²) in [5, 5.41) is 2.34. The highest BCUT2D eigenvalue weighted by molar-refractivity contribution is 7.98. The monoisotopic (exact) mass is 326 g/mol. The fraction of sp³-hybridized carbons (Fsp3) is 0.286. The third kappa shape index (κ3) is 3.32. The van der Waals surface area contributed by atoms with Crippen molar-refractivity contribution in [1.29, 1.82) is 0 Å². The molecule has 1 atom stereocenters. The summed E-state index contributed by atoms with van der Waals surface area (Å²) >= 11 is 4.80. The molecule has 0 saturated carbocycles. The van der Waals surface area contributed by atoms with E-state index >= 15 is 0 Å². The second kappa shape index (κ2) is 7.38. The molecule has 0 aliphatic rings. The molecule has 0 radical (unpaired) electrons. The van der Waals surface area contributed by atoms with E-state index in [4.69, 9.17) is 10.0 Å². The number of hydrazine groups is 1. The molecule has 0 amide bonds. The molecule has 108 valence electrons. The average molecular weight is 327 g/mol. The van der Waals surface area contributed by atoms with Crippen LogP contribution in [0.1, 0.15) is 15.8 Å². The molecule has 3 N–H and O–H groups in total. The van der Waals surface area contributed by atoms with Crippen LogP contribution < -0.4 is 15.5 Å². The maximum Gasteiger partial charge on any atom is 0.137 e. The lowest BCUT2D eigenvalue weighted by Gasteiger charge is -2.12. The van der Waals surface area contributed by atoms with Crippen LogP contribution in [0.4, 0.5) is 0 Å². The third-order valence-corrected chi connectivity index (χ3v) is 5.55. The molecule has 1 unspecified atom stereocenters. The number of nitrogens with two attached hydrogens (primary N) is 1. The predicted octanol–water partition coefficient (Wildman–Crippen LogP) is 4.21. The van der Waals surface area contributed by atoms with Gasteiger partial charge in [0.15, 0.2) is 0 Å². The lowest BCUT2D eigenvalue weighted by Crippen LogP contribution is -2.25. The first-order chi connectivity index (χ1) is 9.71. The quantitative estimate of drug-likeness (QED) is 0.360. The highest BCUT2D eigenvalue weighted by Crippen LogP contribution is 2.38. The van der Waals surface area contributed by atoms with E-state index in [0.717, 1.165) is 5.75 Å². The molecule has 1 aromatic heterocycles. The Morgan fingerprint density at radius 2 is 1.95 bits per heavy atom. The summed E-state index contributed by atoms with van der Waals surface area (Å²) in [4.78, 5) is 1.28. The minimum atomic E-state index is 0.146. The molecular formula is C14H18N2OS3. The van der Waals surface area contributed by atoms with Gasteiger partial charge in [-0.25, -0.2) is 5.43 Å². The zero-order chi connectivity index (χ0) is 14.5. The van der Waals surface area contributed by atoms with Gasteiger partial charge in [-0.15, -0.1) is 23.1 Å². The molecular weight excluding hydrogens is 308 g/mol. The van der Waals surface area contributed by atoms with E-state index in [0.29, 0.717) is 0 Å². The standard InChI is InChI=1S/C14H18N2OS3/c1-9-12(8-20-13(9)14(16-15)18-2)10-4-6-11(7-5-10)17-19-3/h4-8,14,16H,15H2,1-3H3. The smallest absolute Gasteiger partial charge is 0.137 e. The zero-order valence-corrected chi connectivity index (χ0v) is 14.1. The van der Waals surface area contributed by atoms with Gasteiger partial charge >= 0.3 is 0 Å². The van der Waals surface area contributed by atoms with Crippen molar-refractivity contribution in [1.82, 2.24) is 5.43 Å². The van der Waals surface area contributed by atoms with Crippen molar-refractivity contribution < 1.29 is 4.18 Å². The Bertz CT molecular complexity index is 550. The average Bonchev–Trinajstić information content (AvgIpc) is 2.84. The number of thiophene rings is 1. The second-order valence-electron chi connectivity index (χ2n) is 4.20. The van der Waals surface area contributed by atoms with Gasteiger partial charge in [0, 0.05) is 11.1 Å². The Labute approximate surface area is 132 Å². The minimum Gasteiger partial charge on any atom is -0.426 e. The van der Waals surface area contributed by atoms with E-state index in [1.807, 2.05) is 18.4 Å². The Balaban J connectivity index is 2.29. The van der Waals surface area contributed by atoms with Gasteiger partial charge in [0.05, 0.1) is 12.0 Å². The summed E-state index contributed by atoms with van der Waals surface area (Å²) in [6.45, 7) is 2.15. The van der Waals surface area contributed by atoms with Crippen LogP contribution >= 0.6 is 35.1 Å². The van der Waals surface area contributed by atoms with Crippen LogP contribution in [0.3, 0.4) is 0 Å². The molecule has 3 nitrogen and oxygen atoms in total. The van der Waals surface area contributed by atoms with Crippen LogP contribution in [0.5, 0.6) is 5.75 Å². The van der Waals surface area contributed by atoms with Crippen molar-refractivity contribution in [2.75, 3.05) is 12.5 Å². The third-order valence-electron chi connectivity index (χ3n) is 3.05. The van der Waals surface area contributed by atoms with Crippen LogP contribution in [0, 0.1) is 6.92 Å². The molecule has 0 spiro atoms. The van der Waals surface area contributed by atoms with E-state index < -0.39 is 0 Å². The number of thioether (sulfide) groups is 1. The molecule has 0 aliphatic carbocycles. The number of hydrogen-bond acceptors (Lipinski definition) is 6. The van der Waals surface area contributed by atoms with Gasteiger partial charge in [0.2, 0.25) is 0 Å². The van der Waals surface area contributed by atoms with Gasteiger partial charge in [-0.1, -0.05) is 12.1 Å². The summed E-state index contributed by atoms with van der Waals surface area (Å²) in [5.74, 6) is 6.48. The van der Waals surface area contributed by atoms with E-state index in [2.05, 4.69) is 36.1 Å². The zero-order valence-electron chi connectivity index (χ0n) is 11.7. The number of nitrogens with one attached hydrogen (secondary N) is 1. The molecule has 6 heteroatoms. The van der Waals surface area contributed by atoms with Crippen molar-refractivity contribution in [2.24, 2.45) is 5.84 Å². The summed E-state index contributed by atoms with van der Waals surface area (Å²) in [6, 6.07) is 8.18. The molecule has 1 heterocycles. The Morgan fingerprint density at radius 3 is 2.50 bits per heavy atom. The summed E-state index contributed by atoms with van der Waals surface area (Å²) in [5.41, 5.74) is 6.60. The Morgan fingerprint density at radius 1 is 1.25 bits per heavy atom. The molecule has 2 rings (SSSR count). The van der Waals surface area contributed by atoms with Crippen molar-refractivity contribution >= 4 is 35.1 Å². The molecule has 1 aromatic carbocycles. The lowest BCUT2D eigenvalue weighted by atomic mass is 10.0. The van der Waals surface area contributed by atoms with Crippen LogP contribution in [0.15, 0.2) is 29.6 Å². The molecule has 0 aliphatic heterocycles. The summed E-state index contributed by atoms with van der Waals surface area (Å²) in [7, 11) is 0. The van der Waals surface area contributed by atoms with E-state index in [-0.39, 0.29) is 5.37 Å². The van der Waals surface area contributed by atoms with E-state index in [1.165, 1.54) is 33.6 Å². The topological polar surface area (TPSA) is 47.3 Å². The molecule has 0 fully saturated rings. The highest BCUT2D eigenvalue weighted by atomic mass is 32.2. The molecule has 0 saturated heterocycles. The second-order valence-corrected chi connectivity index (χ2v) is 6.55. The summed E-state index contributed by atoms with van der Waals surface area (Å²) in [6.07, 6.45) is 3.96. The van der Waals surface area contributed by atoms with Gasteiger partial charge in [0.1, 0.15) is 11.1 Å². The van der Waals surface area contributed by atoms with Crippen LogP contribution in [0.2, 0.25) is 0 Å². The van der Waals surface area contributed by atoms with Crippen molar-refractivity contribution in [3.05, 3.63) is 40.1 Å². The predicted molar refractivity (Wildman–Crippen MR) is 92.2 cm³/mol. The van der Waals surface area contributed by atoms with Crippen molar-refractivity contribution in [3.63, 3.8) is 0 Å². The SMILES string of the molecule is CSOc1ccc(-c2csc(C(NN)SC)c2C)cc1. The minimum absolute atomic E-state index is 0.146. The van der Waals surface area contributed by atoms with Gasteiger partial charge in [-0.2, -0.15) is 0 Å². The maximum atomic E-state index is 5.60. The van der Waals surface area contributed by atoms with Crippen molar-refractivity contribution in [3.8, 4) is 16.9 Å². The molecule has 2 aromatic rings. The Kier molecular flexibility index (Phi) is 5.80. The normalized spacial score (nSPS) is 12.4. The summed E-state index contributed by atoms with van der Waals surface area (Å²) < 4.78 is 5.39. The van der Waals surface area contributed by atoms with Crippen LogP contribution in [-0.4, -0.2) is 12.5 Å². The van der Waals surface area contributed by atoms with Crippen molar-refractivity contribution in [2.45, 2.75) is 12.3 Å². The largest absolute Gasteiger partial charge is 0.426 e. The van der Waals surface area contributed by atoms with Gasteiger partial charge < -0.3 is 4.18 Å². The number of rotatable bonds is 6. The number of benzene rings is 1. The van der Waals surface area contributed by atoms with E-state index in [1.54, 1.807) is 23.1 Å². The first-order valence-corrected chi connectivity index (χ1v) is 9.41. The number of hydrogen-bond donors (Lipinski definition) is 2. The fourth-order valence-electron chi connectivity index (χ4n) is 2.01. The van der Waals surface area contributed by atoms with Gasteiger partial charge in [0.25, 0.3) is 0 Å². The highest BCUT2D eigenvalue weighted by Gasteiger charge is 2.16. The fourth-order valence-corrected chi connectivity index (χ4v) is 4.33. The Hall–Kier alpha value is -0.660. The molecule has 0 bridgehead atoms. The van der Waals surface area contributed by atoms with Gasteiger partial charge in [-0.05, 0) is 47.4 Å². The van der Waals surface area contributed by atoms with Crippen LogP contribution in [0.25, 0.3) is 11.1 Å². The first kappa shape index (κ1) is 15.7. The molecule has 20 heavy (non-hydrogen) atoms. The lowest BCUT2D eigenvalue weighted by molar-refractivity contribution is 0.650.